The van der Waals surface area contributed by atoms with Gasteiger partial charge in [0.2, 0.25) is 12.1 Å². The average molecular weight is 371 g/mol. The highest BCUT2D eigenvalue weighted by molar-refractivity contribution is 5.79. The predicted octanol–water partition coefficient (Wildman–Crippen LogP) is 3.89. The van der Waals surface area contributed by atoms with Gasteiger partial charge in [-0.3, -0.25) is 10.0 Å². The van der Waals surface area contributed by atoms with Gasteiger partial charge in [-0.05, 0) is 41.3 Å². The molecule has 0 aliphatic heterocycles. The summed E-state index contributed by atoms with van der Waals surface area (Å²) < 4.78 is 28.1. The van der Waals surface area contributed by atoms with E-state index in [-0.39, 0.29) is 11.8 Å². The van der Waals surface area contributed by atoms with Gasteiger partial charge in [0.1, 0.15) is 0 Å². The smallest absolute Gasteiger partial charge is 0.264 e. The molecule has 1 amide bonds. The van der Waals surface area contributed by atoms with Gasteiger partial charge in [-0.2, -0.15) is 0 Å². The van der Waals surface area contributed by atoms with Gasteiger partial charge in [-0.25, -0.2) is 8.78 Å². The molecule has 6 heteroatoms. The second-order valence-corrected chi connectivity index (χ2v) is 6.94. The van der Waals surface area contributed by atoms with Crippen molar-refractivity contribution in [1.29, 1.82) is 0 Å². The number of benzene rings is 2. The molecular weight excluding hydrogens is 350 g/mol. The SMILES string of the molecule is CC(C)CC(=O)NC(c1ccc(F)c(F)c1)c1ccc2ccc[n+](O)c2c1. The third kappa shape index (κ3) is 4.22. The predicted molar refractivity (Wildman–Crippen MR) is 97.1 cm³/mol. The van der Waals surface area contributed by atoms with Crippen molar-refractivity contribution in [3.05, 3.63) is 77.5 Å². The monoisotopic (exact) mass is 371 g/mol. The number of hydrogen-bond donors (Lipinski definition) is 2. The minimum atomic E-state index is -0.978. The molecule has 140 valence electrons. The lowest BCUT2D eigenvalue weighted by molar-refractivity contribution is -0.884. The van der Waals surface area contributed by atoms with E-state index in [1.54, 1.807) is 24.3 Å². The third-order valence-electron chi connectivity index (χ3n) is 4.31. The first kappa shape index (κ1) is 18.8. The largest absolute Gasteiger partial charge is 0.345 e. The highest BCUT2D eigenvalue weighted by Crippen LogP contribution is 2.26. The van der Waals surface area contributed by atoms with Crippen LogP contribution in [0.2, 0.25) is 0 Å². The van der Waals surface area contributed by atoms with E-state index in [1.807, 2.05) is 19.9 Å². The standard InChI is InChI=1S/C21H20F2N2O2/c1-13(2)10-20(26)24-21(15-7-8-17(22)18(23)11-15)16-6-5-14-4-3-9-25(27)19(14)12-16/h3-9,11-13,21H,10H2,1-2H3,(H-,24,26,27)/p+1. The van der Waals surface area contributed by atoms with E-state index < -0.39 is 17.7 Å². The summed E-state index contributed by atoms with van der Waals surface area (Å²) in [4.78, 5) is 12.4. The molecule has 2 N–H and O–H groups in total. The van der Waals surface area contributed by atoms with Crippen LogP contribution in [0.1, 0.15) is 37.4 Å². The van der Waals surface area contributed by atoms with Gasteiger partial charge in [-0.15, -0.1) is 0 Å². The fraction of sp³-hybridized carbons (Fsp3) is 0.238. The van der Waals surface area contributed by atoms with E-state index in [0.29, 0.717) is 23.1 Å². The number of halogens is 2. The molecule has 0 fully saturated rings. The molecule has 0 spiro atoms. The lowest BCUT2D eigenvalue weighted by Gasteiger charge is -2.20. The first-order chi connectivity index (χ1) is 12.8. The highest BCUT2D eigenvalue weighted by atomic mass is 19.2. The quantitative estimate of drug-likeness (QED) is 0.528. The van der Waals surface area contributed by atoms with E-state index in [0.717, 1.165) is 22.2 Å². The molecule has 1 aromatic heterocycles. The van der Waals surface area contributed by atoms with Crippen LogP contribution in [0.3, 0.4) is 0 Å². The van der Waals surface area contributed by atoms with Crippen molar-refractivity contribution in [2.45, 2.75) is 26.3 Å². The minimum absolute atomic E-state index is 0.159. The van der Waals surface area contributed by atoms with E-state index in [1.165, 1.54) is 12.3 Å². The molecule has 0 bridgehead atoms. The molecule has 2 aromatic carbocycles. The van der Waals surface area contributed by atoms with Crippen molar-refractivity contribution in [2.24, 2.45) is 5.92 Å². The summed E-state index contributed by atoms with van der Waals surface area (Å²) >= 11 is 0. The van der Waals surface area contributed by atoms with Crippen LogP contribution in [0.4, 0.5) is 8.78 Å². The van der Waals surface area contributed by atoms with Crippen LogP contribution in [0, 0.1) is 17.6 Å². The number of amides is 1. The molecule has 3 rings (SSSR count). The Hall–Kier alpha value is -3.02. The molecule has 0 saturated heterocycles. The van der Waals surface area contributed by atoms with E-state index in [4.69, 9.17) is 0 Å². The molecule has 0 aliphatic carbocycles. The number of fused-ring (bicyclic) bond motifs is 1. The van der Waals surface area contributed by atoms with Crippen molar-refractivity contribution in [3.8, 4) is 0 Å². The number of pyridine rings is 1. The summed E-state index contributed by atoms with van der Waals surface area (Å²) in [5.41, 5.74) is 1.62. The summed E-state index contributed by atoms with van der Waals surface area (Å²) in [6.45, 7) is 3.85. The second-order valence-electron chi connectivity index (χ2n) is 6.94. The Morgan fingerprint density at radius 1 is 1.07 bits per heavy atom. The number of rotatable bonds is 5. The Kier molecular flexibility index (Phi) is 5.35. The number of carbonyl (C=O) groups is 1. The highest BCUT2D eigenvalue weighted by Gasteiger charge is 2.21. The second kappa shape index (κ2) is 7.70. The maximum atomic E-state index is 13.8. The van der Waals surface area contributed by atoms with Gasteiger partial charge in [0.25, 0.3) is 5.52 Å². The van der Waals surface area contributed by atoms with Crippen molar-refractivity contribution < 1.29 is 23.5 Å². The Balaban J connectivity index is 2.06. The van der Waals surface area contributed by atoms with Crippen LogP contribution in [0.5, 0.6) is 0 Å². The molecule has 1 atom stereocenters. The number of hydrogen-bond acceptors (Lipinski definition) is 2. The van der Waals surface area contributed by atoms with Crippen LogP contribution < -0.4 is 10.0 Å². The van der Waals surface area contributed by atoms with Gasteiger partial charge in [0.05, 0.1) is 11.4 Å². The van der Waals surface area contributed by atoms with Gasteiger partial charge in [0, 0.05) is 23.3 Å². The molecule has 0 saturated carbocycles. The first-order valence-electron chi connectivity index (χ1n) is 8.73. The summed E-state index contributed by atoms with van der Waals surface area (Å²) in [6, 6.07) is 11.8. The molecule has 0 radical (unpaired) electrons. The zero-order chi connectivity index (χ0) is 19.6. The van der Waals surface area contributed by atoms with Crippen LogP contribution in [-0.2, 0) is 4.79 Å². The van der Waals surface area contributed by atoms with Crippen LogP contribution >= 0.6 is 0 Å². The van der Waals surface area contributed by atoms with Crippen molar-refractivity contribution in [2.75, 3.05) is 0 Å². The van der Waals surface area contributed by atoms with Crippen molar-refractivity contribution in [1.82, 2.24) is 5.32 Å². The lowest BCUT2D eigenvalue weighted by Crippen LogP contribution is -2.32. The first-order valence-corrected chi connectivity index (χ1v) is 8.73. The molecule has 1 unspecified atom stereocenters. The number of nitrogens with one attached hydrogen (secondary N) is 1. The van der Waals surface area contributed by atoms with E-state index in [9.17, 15) is 18.8 Å². The van der Waals surface area contributed by atoms with Crippen LogP contribution in [-0.4, -0.2) is 11.1 Å². The van der Waals surface area contributed by atoms with Gasteiger partial charge in [0.15, 0.2) is 11.6 Å². The lowest BCUT2D eigenvalue weighted by atomic mass is 9.96. The zero-order valence-electron chi connectivity index (χ0n) is 15.1. The maximum absolute atomic E-state index is 13.8. The Morgan fingerprint density at radius 3 is 2.48 bits per heavy atom. The summed E-state index contributed by atoms with van der Waals surface area (Å²) in [5.74, 6) is -1.96. The van der Waals surface area contributed by atoms with Crippen LogP contribution in [0.25, 0.3) is 10.9 Å². The summed E-state index contributed by atoms with van der Waals surface area (Å²) in [7, 11) is 0. The molecule has 0 aliphatic rings. The Labute approximate surface area is 156 Å². The number of aromatic nitrogens is 1. The molecule has 3 aromatic rings. The molecule has 1 heterocycles. The van der Waals surface area contributed by atoms with Crippen molar-refractivity contribution in [3.63, 3.8) is 0 Å². The fourth-order valence-electron chi connectivity index (χ4n) is 3.03. The summed E-state index contributed by atoms with van der Waals surface area (Å²) in [6.07, 6.45) is 1.81. The third-order valence-corrected chi connectivity index (χ3v) is 4.31. The van der Waals surface area contributed by atoms with Crippen molar-refractivity contribution >= 4 is 16.8 Å². The maximum Gasteiger partial charge on any atom is 0.264 e. The molecule has 4 nitrogen and oxygen atoms in total. The zero-order valence-corrected chi connectivity index (χ0v) is 15.1. The fourth-order valence-corrected chi connectivity index (χ4v) is 3.03. The van der Waals surface area contributed by atoms with E-state index in [2.05, 4.69) is 5.32 Å². The minimum Gasteiger partial charge on any atom is -0.345 e. The molecular formula is C21H21F2N2O2+. The Morgan fingerprint density at radius 2 is 1.78 bits per heavy atom. The van der Waals surface area contributed by atoms with Gasteiger partial charge >= 0.3 is 0 Å². The molecule has 27 heavy (non-hydrogen) atoms. The van der Waals surface area contributed by atoms with Gasteiger partial charge in [-0.1, -0.05) is 26.0 Å². The normalized spacial score (nSPS) is 12.3. The van der Waals surface area contributed by atoms with Crippen LogP contribution in [0.15, 0.2) is 54.7 Å². The Bertz CT molecular complexity index is 989. The average Bonchev–Trinajstić information content (AvgIpc) is 2.62. The van der Waals surface area contributed by atoms with Gasteiger partial charge < -0.3 is 5.32 Å². The topological polar surface area (TPSA) is 53.2 Å². The van der Waals surface area contributed by atoms with E-state index >= 15 is 0 Å². The number of carbonyl (C=O) groups excluding carboxylic acids is 1. The number of nitrogens with zero attached hydrogens (tertiary/aromatic N) is 1. The summed E-state index contributed by atoms with van der Waals surface area (Å²) in [5, 5.41) is 13.7.